The van der Waals surface area contributed by atoms with Gasteiger partial charge in [-0.1, -0.05) is 5.16 Å². The summed E-state index contributed by atoms with van der Waals surface area (Å²) in [6.45, 7) is 3.12. The molecule has 2 heterocycles. The van der Waals surface area contributed by atoms with Gasteiger partial charge in [0.2, 0.25) is 0 Å². The Hall–Kier alpha value is -1.91. The third kappa shape index (κ3) is 2.61. The summed E-state index contributed by atoms with van der Waals surface area (Å²) in [4.78, 5) is 17.9. The van der Waals surface area contributed by atoms with Crippen molar-refractivity contribution in [3.05, 3.63) is 29.6 Å². The SMILES string of the molecule is Cc1cncc(C(=O)N2CCC(=NO)CC2)c1. The zero-order chi connectivity index (χ0) is 12.3. The molecule has 0 unspecified atom stereocenters. The lowest BCUT2D eigenvalue weighted by molar-refractivity contribution is 0.0753. The number of carbonyl (C=O) groups excluding carboxylic acids is 1. The van der Waals surface area contributed by atoms with Crippen molar-refractivity contribution in [1.82, 2.24) is 9.88 Å². The predicted octanol–water partition coefficient (Wildman–Crippen LogP) is 1.46. The van der Waals surface area contributed by atoms with E-state index >= 15 is 0 Å². The van der Waals surface area contributed by atoms with Crippen LogP contribution in [0.2, 0.25) is 0 Å². The fraction of sp³-hybridized carbons (Fsp3) is 0.417. The highest BCUT2D eigenvalue weighted by molar-refractivity contribution is 5.95. The first-order chi connectivity index (χ1) is 8.20. The lowest BCUT2D eigenvalue weighted by atomic mass is 10.1. The van der Waals surface area contributed by atoms with Crippen molar-refractivity contribution in [2.24, 2.45) is 5.16 Å². The van der Waals surface area contributed by atoms with Crippen molar-refractivity contribution >= 4 is 11.6 Å². The van der Waals surface area contributed by atoms with Crippen molar-refractivity contribution in [3.63, 3.8) is 0 Å². The van der Waals surface area contributed by atoms with E-state index in [-0.39, 0.29) is 5.91 Å². The van der Waals surface area contributed by atoms with Crippen molar-refractivity contribution in [2.45, 2.75) is 19.8 Å². The van der Waals surface area contributed by atoms with Crippen molar-refractivity contribution < 1.29 is 10.0 Å². The van der Waals surface area contributed by atoms with Gasteiger partial charge in [-0.3, -0.25) is 9.78 Å². The smallest absolute Gasteiger partial charge is 0.255 e. The standard InChI is InChI=1S/C12H15N3O2/c1-9-6-10(8-13-7-9)12(16)15-4-2-11(14-17)3-5-15/h6-8,17H,2-5H2,1H3. The molecule has 90 valence electrons. The van der Waals surface area contributed by atoms with E-state index in [2.05, 4.69) is 10.1 Å². The second-order valence-electron chi connectivity index (χ2n) is 4.21. The van der Waals surface area contributed by atoms with Gasteiger partial charge >= 0.3 is 0 Å². The molecule has 1 aliphatic heterocycles. The van der Waals surface area contributed by atoms with E-state index < -0.39 is 0 Å². The number of carbonyl (C=O) groups is 1. The number of piperidine rings is 1. The highest BCUT2D eigenvalue weighted by Crippen LogP contribution is 2.12. The van der Waals surface area contributed by atoms with Crippen molar-refractivity contribution in [1.29, 1.82) is 0 Å². The summed E-state index contributed by atoms with van der Waals surface area (Å²) >= 11 is 0. The molecule has 5 heteroatoms. The van der Waals surface area contributed by atoms with Gasteiger partial charge in [-0.15, -0.1) is 0 Å². The molecule has 1 aliphatic rings. The summed E-state index contributed by atoms with van der Waals surface area (Å²) in [5, 5.41) is 11.8. The van der Waals surface area contributed by atoms with Crippen LogP contribution in [0.25, 0.3) is 0 Å². The Balaban J connectivity index is 2.07. The molecule has 0 atom stereocenters. The van der Waals surface area contributed by atoms with Crippen molar-refractivity contribution in [3.8, 4) is 0 Å². The van der Waals surface area contributed by atoms with Gasteiger partial charge in [-0.25, -0.2) is 0 Å². The number of pyridine rings is 1. The highest BCUT2D eigenvalue weighted by atomic mass is 16.4. The Kier molecular flexibility index (Phi) is 3.37. The number of hydrogen-bond donors (Lipinski definition) is 1. The molecule has 1 amide bonds. The van der Waals surface area contributed by atoms with E-state index in [9.17, 15) is 4.79 Å². The van der Waals surface area contributed by atoms with E-state index in [0.717, 1.165) is 11.3 Å². The Morgan fingerprint density at radius 1 is 1.41 bits per heavy atom. The minimum Gasteiger partial charge on any atom is -0.411 e. The van der Waals surface area contributed by atoms with Gasteiger partial charge in [0.1, 0.15) is 0 Å². The maximum absolute atomic E-state index is 12.1. The first-order valence-electron chi connectivity index (χ1n) is 5.61. The molecule has 17 heavy (non-hydrogen) atoms. The Labute approximate surface area is 99.8 Å². The topological polar surface area (TPSA) is 65.8 Å². The molecule has 1 fully saturated rings. The lowest BCUT2D eigenvalue weighted by Gasteiger charge is -2.27. The largest absolute Gasteiger partial charge is 0.411 e. The van der Waals surface area contributed by atoms with Gasteiger partial charge in [0.05, 0.1) is 11.3 Å². The molecule has 1 saturated heterocycles. The molecule has 0 spiro atoms. The number of aromatic nitrogens is 1. The molecular weight excluding hydrogens is 218 g/mol. The summed E-state index contributed by atoms with van der Waals surface area (Å²) in [5.74, 6) is -0.00168. The zero-order valence-corrected chi connectivity index (χ0v) is 9.76. The first-order valence-corrected chi connectivity index (χ1v) is 5.61. The Morgan fingerprint density at radius 2 is 2.12 bits per heavy atom. The van der Waals surface area contributed by atoms with Crippen LogP contribution in [-0.2, 0) is 0 Å². The first kappa shape index (κ1) is 11.6. The zero-order valence-electron chi connectivity index (χ0n) is 9.76. The number of likely N-dealkylation sites (tertiary alicyclic amines) is 1. The fourth-order valence-electron chi connectivity index (χ4n) is 1.92. The number of oxime groups is 1. The second kappa shape index (κ2) is 4.95. The molecule has 5 nitrogen and oxygen atoms in total. The highest BCUT2D eigenvalue weighted by Gasteiger charge is 2.21. The maximum Gasteiger partial charge on any atom is 0.255 e. The fourth-order valence-corrected chi connectivity index (χ4v) is 1.92. The lowest BCUT2D eigenvalue weighted by Crippen LogP contribution is -2.38. The number of hydrogen-bond acceptors (Lipinski definition) is 4. The summed E-state index contributed by atoms with van der Waals surface area (Å²) in [6, 6.07) is 1.84. The van der Waals surface area contributed by atoms with Gasteiger partial charge in [0.15, 0.2) is 0 Å². The van der Waals surface area contributed by atoms with Gasteiger partial charge < -0.3 is 10.1 Å². The van der Waals surface area contributed by atoms with Crippen LogP contribution in [0.15, 0.2) is 23.6 Å². The van der Waals surface area contributed by atoms with Gasteiger partial charge in [-0.05, 0) is 18.6 Å². The van der Waals surface area contributed by atoms with Crippen molar-refractivity contribution in [2.75, 3.05) is 13.1 Å². The maximum atomic E-state index is 12.1. The van der Waals surface area contributed by atoms with E-state index in [4.69, 9.17) is 5.21 Å². The second-order valence-corrected chi connectivity index (χ2v) is 4.21. The predicted molar refractivity (Wildman–Crippen MR) is 63.3 cm³/mol. The van der Waals surface area contributed by atoms with Crippen LogP contribution < -0.4 is 0 Å². The molecule has 2 rings (SSSR count). The molecule has 0 aromatic carbocycles. The molecule has 0 saturated carbocycles. The molecule has 0 bridgehead atoms. The third-order valence-corrected chi connectivity index (χ3v) is 2.89. The van der Waals surface area contributed by atoms with Crippen LogP contribution in [0.5, 0.6) is 0 Å². The van der Waals surface area contributed by atoms with E-state index in [1.54, 1.807) is 17.3 Å². The minimum absolute atomic E-state index is 0.00168. The van der Waals surface area contributed by atoms with E-state index in [1.165, 1.54) is 0 Å². The van der Waals surface area contributed by atoms with Crippen LogP contribution in [0, 0.1) is 6.92 Å². The number of rotatable bonds is 1. The number of amides is 1. The molecule has 1 aromatic heterocycles. The Bertz CT molecular complexity index is 447. The summed E-state index contributed by atoms with van der Waals surface area (Å²) in [5.41, 5.74) is 2.36. The van der Waals surface area contributed by atoms with E-state index in [0.29, 0.717) is 31.5 Å². The van der Waals surface area contributed by atoms with Gasteiger partial charge in [-0.2, -0.15) is 0 Å². The van der Waals surface area contributed by atoms with Gasteiger partial charge in [0.25, 0.3) is 5.91 Å². The molecule has 1 aromatic rings. The normalized spacial score (nSPS) is 15.8. The summed E-state index contributed by atoms with van der Waals surface area (Å²) in [6.07, 6.45) is 4.59. The monoisotopic (exact) mass is 233 g/mol. The molecular formula is C12H15N3O2. The van der Waals surface area contributed by atoms with E-state index in [1.807, 2.05) is 13.0 Å². The molecule has 0 radical (unpaired) electrons. The van der Waals surface area contributed by atoms with Crippen LogP contribution in [0.4, 0.5) is 0 Å². The number of aryl methyl sites for hydroxylation is 1. The quantitative estimate of drug-likeness (QED) is 0.590. The van der Waals surface area contributed by atoms with Crippen LogP contribution in [0.3, 0.4) is 0 Å². The van der Waals surface area contributed by atoms with Crippen LogP contribution >= 0.6 is 0 Å². The van der Waals surface area contributed by atoms with Crippen LogP contribution in [0.1, 0.15) is 28.8 Å². The molecule has 1 N–H and O–H groups in total. The van der Waals surface area contributed by atoms with Gasteiger partial charge in [0, 0.05) is 38.3 Å². The number of nitrogens with zero attached hydrogens (tertiary/aromatic N) is 3. The average molecular weight is 233 g/mol. The van der Waals surface area contributed by atoms with Crippen LogP contribution in [-0.4, -0.2) is 39.8 Å². The summed E-state index contributed by atoms with van der Waals surface area (Å²) in [7, 11) is 0. The molecule has 0 aliphatic carbocycles. The Morgan fingerprint density at radius 3 is 2.71 bits per heavy atom. The summed E-state index contributed by atoms with van der Waals surface area (Å²) < 4.78 is 0. The minimum atomic E-state index is -0.00168. The average Bonchev–Trinajstić information content (AvgIpc) is 2.38. The third-order valence-electron chi connectivity index (χ3n) is 2.89.